The van der Waals surface area contributed by atoms with E-state index >= 15 is 0 Å². The van der Waals surface area contributed by atoms with E-state index < -0.39 is 0 Å². The summed E-state index contributed by atoms with van der Waals surface area (Å²) in [7, 11) is 0. The van der Waals surface area contributed by atoms with Crippen molar-refractivity contribution in [2.45, 2.75) is 31.4 Å². The largest absolute Gasteiger partial charge is 0.391 e. The molecule has 0 bridgehead atoms. The van der Waals surface area contributed by atoms with Crippen LogP contribution in [0.3, 0.4) is 0 Å². The highest BCUT2D eigenvalue weighted by Gasteiger charge is 2.28. The highest BCUT2D eigenvalue weighted by atomic mass is 19.1. The molecule has 4 aromatic rings. The normalized spacial score (nSPS) is 20.8. The average Bonchev–Trinajstić information content (AvgIpc) is 3.58. The molecular weight excluding hydrogens is 419 g/mol. The summed E-state index contributed by atoms with van der Waals surface area (Å²) in [4.78, 5) is 13.4. The first-order valence-electron chi connectivity index (χ1n) is 11.4. The highest BCUT2D eigenvalue weighted by molar-refractivity contribution is 5.67. The van der Waals surface area contributed by atoms with Gasteiger partial charge in [-0.05, 0) is 61.2 Å². The summed E-state index contributed by atoms with van der Waals surface area (Å²) in [5.41, 5.74) is 3.61. The standard InChI is InChI=1S/C25H25FN6O/c26-19-4-1-3-17(13-19)21-5-2-11-31(21)24-7-6-23-28-15-22(32(23)29-24)18-8-10-27-25(14-18)30-12-9-20(33)16-30/h1,3-4,6-8,10,13-15,20-21,33H,2,5,9,11-12,16H2/t20-,21?/m0/s1. The van der Waals surface area contributed by atoms with Gasteiger partial charge in [-0.25, -0.2) is 18.9 Å². The summed E-state index contributed by atoms with van der Waals surface area (Å²) < 4.78 is 15.7. The van der Waals surface area contributed by atoms with Crippen molar-refractivity contribution in [3.63, 3.8) is 0 Å². The van der Waals surface area contributed by atoms with E-state index in [1.165, 1.54) is 6.07 Å². The number of pyridine rings is 1. The monoisotopic (exact) mass is 444 g/mol. The molecular formula is C25H25FN6O. The van der Waals surface area contributed by atoms with Crippen molar-refractivity contribution in [1.82, 2.24) is 19.6 Å². The minimum atomic E-state index is -0.304. The second kappa shape index (κ2) is 8.12. The number of β-amino-alcohol motifs (C(OH)–C–C–N with tert-alkyl or cyclic N) is 1. The van der Waals surface area contributed by atoms with Crippen LogP contribution in [0.25, 0.3) is 16.9 Å². The number of hydrogen-bond donors (Lipinski definition) is 1. The zero-order valence-electron chi connectivity index (χ0n) is 18.2. The van der Waals surface area contributed by atoms with Gasteiger partial charge in [-0.15, -0.1) is 5.10 Å². The number of aliphatic hydroxyl groups excluding tert-OH is 1. The van der Waals surface area contributed by atoms with E-state index in [1.807, 2.05) is 41.0 Å². The van der Waals surface area contributed by atoms with Crippen LogP contribution in [0.5, 0.6) is 0 Å². The first-order chi connectivity index (χ1) is 16.2. The molecule has 0 spiro atoms. The van der Waals surface area contributed by atoms with Gasteiger partial charge in [-0.3, -0.25) is 0 Å². The molecule has 0 saturated carbocycles. The van der Waals surface area contributed by atoms with E-state index in [1.54, 1.807) is 18.3 Å². The number of benzene rings is 1. The lowest BCUT2D eigenvalue weighted by Crippen LogP contribution is -2.24. The molecule has 0 amide bonds. The van der Waals surface area contributed by atoms with Crippen LogP contribution in [0.15, 0.2) is 60.9 Å². The quantitative estimate of drug-likeness (QED) is 0.516. The zero-order chi connectivity index (χ0) is 22.4. The van der Waals surface area contributed by atoms with Gasteiger partial charge in [-0.2, -0.15) is 0 Å². The Morgan fingerprint density at radius 2 is 1.91 bits per heavy atom. The summed E-state index contributed by atoms with van der Waals surface area (Å²) in [6.07, 6.45) is 6.08. The Morgan fingerprint density at radius 1 is 0.970 bits per heavy atom. The van der Waals surface area contributed by atoms with Crippen LogP contribution >= 0.6 is 0 Å². The third-order valence-corrected chi connectivity index (χ3v) is 6.66. The highest BCUT2D eigenvalue weighted by Crippen LogP contribution is 2.36. The summed E-state index contributed by atoms with van der Waals surface area (Å²) in [6.45, 7) is 2.27. The Bertz CT molecular complexity index is 1310. The van der Waals surface area contributed by atoms with Crippen molar-refractivity contribution in [2.24, 2.45) is 0 Å². The molecule has 2 atom stereocenters. The zero-order valence-corrected chi connectivity index (χ0v) is 18.2. The van der Waals surface area contributed by atoms with Crippen molar-refractivity contribution in [1.29, 1.82) is 0 Å². The van der Waals surface area contributed by atoms with Gasteiger partial charge < -0.3 is 14.9 Å². The van der Waals surface area contributed by atoms with Crippen LogP contribution in [0, 0.1) is 5.82 Å². The maximum absolute atomic E-state index is 13.9. The van der Waals surface area contributed by atoms with Crippen molar-refractivity contribution < 1.29 is 9.50 Å². The van der Waals surface area contributed by atoms with E-state index in [0.717, 1.165) is 66.5 Å². The Balaban J connectivity index is 1.36. The number of hydrogen-bond acceptors (Lipinski definition) is 6. The molecule has 2 saturated heterocycles. The molecule has 168 valence electrons. The van der Waals surface area contributed by atoms with Crippen LogP contribution < -0.4 is 9.80 Å². The van der Waals surface area contributed by atoms with Crippen molar-refractivity contribution in [3.05, 3.63) is 72.3 Å². The molecule has 1 N–H and O–H groups in total. The number of anilines is 2. The second-order valence-electron chi connectivity index (χ2n) is 8.80. The first kappa shape index (κ1) is 20.1. The van der Waals surface area contributed by atoms with E-state index in [2.05, 4.69) is 19.8 Å². The number of imidazole rings is 1. The van der Waals surface area contributed by atoms with Crippen LogP contribution in [0.1, 0.15) is 30.9 Å². The lowest BCUT2D eigenvalue weighted by atomic mass is 10.0. The summed E-state index contributed by atoms with van der Waals surface area (Å²) in [6, 6.07) is 14.9. The van der Waals surface area contributed by atoms with Gasteiger partial charge in [0.05, 0.1) is 24.0 Å². The third kappa shape index (κ3) is 3.70. The topological polar surface area (TPSA) is 69.8 Å². The molecule has 1 unspecified atom stereocenters. The molecule has 6 rings (SSSR count). The van der Waals surface area contributed by atoms with E-state index in [0.29, 0.717) is 6.54 Å². The fourth-order valence-corrected chi connectivity index (χ4v) is 5.02. The van der Waals surface area contributed by atoms with Crippen LogP contribution in [-0.2, 0) is 0 Å². The molecule has 0 aliphatic carbocycles. The summed E-state index contributed by atoms with van der Waals surface area (Å²) in [5, 5.41) is 14.8. The molecule has 0 radical (unpaired) electrons. The number of fused-ring (bicyclic) bond motifs is 1. The van der Waals surface area contributed by atoms with Gasteiger partial charge in [0, 0.05) is 31.4 Å². The maximum atomic E-state index is 13.9. The second-order valence-corrected chi connectivity index (χ2v) is 8.80. The Kier molecular flexibility index (Phi) is 4.95. The third-order valence-electron chi connectivity index (χ3n) is 6.66. The van der Waals surface area contributed by atoms with Gasteiger partial charge in [-0.1, -0.05) is 12.1 Å². The smallest absolute Gasteiger partial charge is 0.154 e. The Morgan fingerprint density at radius 3 is 2.76 bits per heavy atom. The SMILES string of the molecule is O[C@H]1CCN(c2cc(-c3cnc4ccc(N5CCCC5c5cccc(F)c5)nn34)ccn2)C1. The van der Waals surface area contributed by atoms with Crippen LogP contribution in [0.2, 0.25) is 0 Å². The first-order valence-corrected chi connectivity index (χ1v) is 11.4. The average molecular weight is 445 g/mol. The lowest BCUT2D eigenvalue weighted by molar-refractivity contribution is 0.198. The molecule has 7 nitrogen and oxygen atoms in total. The van der Waals surface area contributed by atoms with Crippen molar-refractivity contribution >= 4 is 17.3 Å². The molecule has 2 aliphatic rings. The van der Waals surface area contributed by atoms with Gasteiger partial charge in [0.2, 0.25) is 0 Å². The minimum absolute atomic E-state index is 0.103. The molecule has 2 aliphatic heterocycles. The molecule has 8 heteroatoms. The van der Waals surface area contributed by atoms with Gasteiger partial charge in [0.1, 0.15) is 17.5 Å². The van der Waals surface area contributed by atoms with E-state index in [4.69, 9.17) is 5.10 Å². The molecule has 1 aromatic carbocycles. The predicted molar refractivity (Wildman–Crippen MR) is 125 cm³/mol. The van der Waals surface area contributed by atoms with E-state index in [9.17, 15) is 9.50 Å². The number of halogens is 1. The van der Waals surface area contributed by atoms with Crippen molar-refractivity contribution in [2.75, 3.05) is 29.4 Å². The predicted octanol–water partition coefficient (Wildman–Crippen LogP) is 3.84. The number of nitrogens with zero attached hydrogens (tertiary/aromatic N) is 6. The van der Waals surface area contributed by atoms with Crippen molar-refractivity contribution in [3.8, 4) is 11.3 Å². The number of rotatable bonds is 4. The Hall–Kier alpha value is -3.52. The molecule has 5 heterocycles. The van der Waals surface area contributed by atoms with Gasteiger partial charge in [0.25, 0.3) is 0 Å². The lowest BCUT2D eigenvalue weighted by Gasteiger charge is -2.26. The van der Waals surface area contributed by atoms with E-state index in [-0.39, 0.29) is 18.0 Å². The maximum Gasteiger partial charge on any atom is 0.154 e. The van der Waals surface area contributed by atoms with Crippen LogP contribution in [-0.4, -0.2) is 50.4 Å². The number of aliphatic hydroxyl groups is 1. The molecule has 2 fully saturated rings. The summed E-state index contributed by atoms with van der Waals surface area (Å²) >= 11 is 0. The molecule has 3 aromatic heterocycles. The molecule has 33 heavy (non-hydrogen) atoms. The van der Waals surface area contributed by atoms with Gasteiger partial charge >= 0.3 is 0 Å². The fourth-order valence-electron chi connectivity index (χ4n) is 5.02. The van der Waals surface area contributed by atoms with Crippen LogP contribution in [0.4, 0.5) is 16.0 Å². The minimum Gasteiger partial charge on any atom is -0.391 e. The Labute approximate surface area is 191 Å². The van der Waals surface area contributed by atoms with Gasteiger partial charge in [0.15, 0.2) is 5.65 Å². The number of aromatic nitrogens is 4. The fraction of sp³-hybridized carbons (Fsp3) is 0.320. The summed E-state index contributed by atoms with van der Waals surface area (Å²) in [5.74, 6) is 1.49.